The zero-order chi connectivity index (χ0) is 15.1. The predicted octanol–water partition coefficient (Wildman–Crippen LogP) is 1.55. The van der Waals surface area contributed by atoms with E-state index in [0.29, 0.717) is 24.5 Å². The molecule has 0 aliphatic heterocycles. The van der Waals surface area contributed by atoms with Crippen molar-refractivity contribution in [2.45, 2.75) is 20.0 Å². The number of aromatic amines is 1. The topological polar surface area (TPSA) is 84.1 Å². The fourth-order valence-electron chi connectivity index (χ4n) is 1.84. The lowest BCUT2D eigenvalue weighted by Crippen LogP contribution is -2.27. The normalized spacial score (nSPS) is 10.1. The van der Waals surface area contributed by atoms with Gasteiger partial charge in [0.2, 0.25) is 0 Å². The minimum absolute atomic E-state index is 0.191. The average Bonchev–Trinajstić information content (AvgIpc) is 2.45. The number of nitrogens with zero attached hydrogens (tertiary/aromatic N) is 1. The Kier molecular flexibility index (Phi) is 5.09. The van der Waals surface area contributed by atoms with Crippen molar-refractivity contribution in [3.05, 3.63) is 63.8 Å². The summed E-state index contributed by atoms with van der Waals surface area (Å²) in [7, 11) is 0. The van der Waals surface area contributed by atoms with Crippen LogP contribution in [0.4, 0.5) is 4.79 Å². The van der Waals surface area contributed by atoms with Gasteiger partial charge in [0.1, 0.15) is 12.4 Å². The predicted molar refractivity (Wildman–Crippen MR) is 77.9 cm³/mol. The third-order valence-electron chi connectivity index (χ3n) is 2.78. The molecule has 0 spiro atoms. The summed E-state index contributed by atoms with van der Waals surface area (Å²) in [6, 6.07) is 10.9. The van der Waals surface area contributed by atoms with Crippen molar-refractivity contribution < 1.29 is 9.53 Å². The summed E-state index contributed by atoms with van der Waals surface area (Å²) >= 11 is 0. The molecule has 0 bridgehead atoms. The summed E-state index contributed by atoms with van der Waals surface area (Å²) < 4.78 is 5.08. The number of aryl methyl sites for hydroxylation is 1. The van der Waals surface area contributed by atoms with Gasteiger partial charge in [-0.2, -0.15) is 0 Å². The molecule has 2 aromatic rings. The van der Waals surface area contributed by atoms with Gasteiger partial charge < -0.3 is 15.0 Å². The fourth-order valence-corrected chi connectivity index (χ4v) is 1.84. The summed E-state index contributed by atoms with van der Waals surface area (Å²) in [6.07, 6.45) is -0.00835. The van der Waals surface area contributed by atoms with Crippen LogP contribution in [0.15, 0.2) is 41.2 Å². The van der Waals surface area contributed by atoms with Gasteiger partial charge in [0.05, 0.1) is 0 Å². The quantitative estimate of drug-likeness (QED) is 0.873. The van der Waals surface area contributed by atoms with Gasteiger partial charge in [-0.1, -0.05) is 30.3 Å². The first kappa shape index (κ1) is 14.8. The van der Waals surface area contributed by atoms with Crippen LogP contribution in [0, 0.1) is 6.92 Å². The highest BCUT2D eigenvalue weighted by atomic mass is 16.5. The highest BCUT2D eigenvalue weighted by molar-refractivity contribution is 5.67. The van der Waals surface area contributed by atoms with Crippen molar-refractivity contribution in [3.8, 4) is 0 Å². The SMILES string of the molecule is Cc1nc(CCNC(=O)OCc2ccccc2)cc(=O)[nH]1. The van der Waals surface area contributed by atoms with Crippen LogP contribution in [0.5, 0.6) is 0 Å². The summed E-state index contributed by atoms with van der Waals surface area (Å²) in [4.78, 5) is 29.5. The molecule has 0 atom stereocenters. The van der Waals surface area contributed by atoms with Gasteiger partial charge >= 0.3 is 6.09 Å². The second-order valence-electron chi connectivity index (χ2n) is 4.56. The molecule has 2 N–H and O–H groups in total. The molecule has 0 aliphatic rings. The van der Waals surface area contributed by atoms with E-state index in [9.17, 15) is 9.59 Å². The van der Waals surface area contributed by atoms with Crippen molar-refractivity contribution in [1.29, 1.82) is 0 Å². The number of alkyl carbamates (subject to hydrolysis) is 1. The van der Waals surface area contributed by atoms with E-state index in [1.165, 1.54) is 6.07 Å². The second kappa shape index (κ2) is 7.23. The molecule has 0 saturated carbocycles. The maximum atomic E-state index is 11.5. The molecule has 0 fully saturated rings. The fraction of sp³-hybridized carbons (Fsp3) is 0.267. The number of hydrogen-bond donors (Lipinski definition) is 2. The monoisotopic (exact) mass is 287 g/mol. The molecule has 1 aromatic heterocycles. The zero-order valence-corrected chi connectivity index (χ0v) is 11.8. The number of aromatic nitrogens is 2. The molecule has 21 heavy (non-hydrogen) atoms. The van der Waals surface area contributed by atoms with Gasteiger partial charge in [0.25, 0.3) is 5.56 Å². The molecule has 1 aromatic carbocycles. The van der Waals surface area contributed by atoms with E-state index in [4.69, 9.17) is 4.74 Å². The molecule has 110 valence electrons. The van der Waals surface area contributed by atoms with Crippen molar-refractivity contribution in [2.24, 2.45) is 0 Å². The molecule has 1 amide bonds. The molecular formula is C15H17N3O3. The van der Waals surface area contributed by atoms with E-state index in [2.05, 4.69) is 15.3 Å². The molecule has 2 rings (SSSR count). The molecule has 1 heterocycles. The largest absolute Gasteiger partial charge is 0.445 e. The first-order chi connectivity index (χ1) is 10.1. The van der Waals surface area contributed by atoms with Crippen LogP contribution in [0.2, 0.25) is 0 Å². The Morgan fingerprint density at radius 3 is 2.81 bits per heavy atom. The number of nitrogens with one attached hydrogen (secondary N) is 2. The zero-order valence-electron chi connectivity index (χ0n) is 11.8. The first-order valence-corrected chi connectivity index (χ1v) is 6.65. The minimum Gasteiger partial charge on any atom is -0.445 e. The lowest BCUT2D eigenvalue weighted by atomic mass is 10.2. The lowest BCUT2D eigenvalue weighted by molar-refractivity contribution is 0.140. The molecule has 0 unspecified atom stereocenters. The molecule has 0 radical (unpaired) electrons. The van der Waals surface area contributed by atoms with Gasteiger partial charge in [-0.05, 0) is 12.5 Å². The van der Waals surface area contributed by atoms with Crippen LogP contribution in [0.1, 0.15) is 17.1 Å². The van der Waals surface area contributed by atoms with E-state index in [0.717, 1.165) is 5.56 Å². The summed E-state index contributed by atoms with van der Waals surface area (Å²) in [5.41, 5.74) is 1.38. The number of amides is 1. The Labute approximate surface area is 122 Å². The van der Waals surface area contributed by atoms with Crippen molar-refractivity contribution in [2.75, 3.05) is 6.54 Å². The van der Waals surface area contributed by atoms with Gasteiger partial charge in [0.15, 0.2) is 0 Å². The number of rotatable bonds is 5. The van der Waals surface area contributed by atoms with E-state index >= 15 is 0 Å². The molecule has 6 heteroatoms. The molecule has 0 aliphatic carbocycles. The first-order valence-electron chi connectivity index (χ1n) is 6.65. The van der Waals surface area contributed by atoms with Gasteiger partial charge in [0, 0.05) is 24.7 Å². The highest BCUT2D eigenvalue weighted by Crippen LogP contribution is 2.00. The molecule has 0 saturated heterocycles. The number of H-pyrrole nitrogens is 1. The van der Waals surface area contributed by atoms with Gasteiger partial charge in [-0.15, -0.1) is 0 Å². The van der Waals surface area contributed by atoms with Crippen LogP contribution in [0.3, 0.4) is 0 Å². The number of carbonyl (C=O) groups is 1. The molecular weight excluding hydrogens is 270 g/mol. The summed E-state index contributed by atoms with van der Waals surface area (Å²) in [6.45, 7) is 2.31. The standard InChI is InChI=1S/C15H17N3O3/c1-11-17-13(9-14(19)18-11)7-8-16-15(20)21-10-12-5-3-2-4-6-12/h2-6,9H,7-8,10H2,1H3,(H,16,20)(H,17,18,19). The summed E-state index contributed by atoms with van der Waals surface area (Å²) in [5, 5.41) is 2.63. The number of carbonyl (C=O) groups excluding carboxylic acids is 1. The van der Waals surface area contributed by atoms with Crippen LogP contribution < -0.4 is 10.9 Å². The van der Waals surface area contributed by atoms with E-state index in [1.54, 1.807) is 6.92 Å². The van der Waals surface area contributed by atoms with Crippen LogP contribution in [-0.4, -0.2) is 22.6 Å². The maximum absolute atomic E-state index is 11.5. The minimum atomic E-state index is -0.486. The van der Waals surface area contributed by atoms with Gasteiger partial charge in [-0.25, -0.2) is 9.78 Å². The molecule has 6 nitrogen and oxygen atoms in total. The smallest absolute Gasteiger partial charge is 0.407 e. The summed E-state index contributed by atoms with van der Waals surface area (Å²) in [5.74, 6) is 0.559. The Hall–Kier alpha value is -2.63. The lowest BCUT2D eigenvalue weighted by Gasteiger charge is -2.07. The Morgan fingerprint density at radius 2 is 2.10 bits per heavy atom. The van der Waals surface area contributed by atoms with Crippen molar-refractivity contribution in [1.82, 2.24) is 15.3 Å². The third-order valence-corrected chi connectivity index (χ3v) is 2.78. The van der Waals surface area contributed by atoms with Crippen molar-refractivity contribution >= 4 is 6.09 Å². The number of ether oxygens (including phenoxy) is 1. The van der Waals surface area contributed by atoms with Crippen LogP contribution in [-0.2, 0) is 17.8 Å². The van der Waals surface area contributed by atoms with E-state index < -0.39 is 6.09 Å². The maximum Gasteiger partial charge on any atom is 0.407 e. The Morgan fingerprint density at radius 1 is 1.33 bits per heavy atom. The van der Waals surface area contributed by atoms with Crippen LogP contribution in [0.25, 0.3) is 0 Å². The number of hydrogen-bond acceptors (Lipinski definition) is 4. The Balaban J connectivity index is 1.73. The van der Waals surface area contributed by atoms with Crippen LogP contribution >= 0.6 is 0 Å². The van der Waals surface area contributed by atoms with E-state index in [1.807, 2.05) is 30.3 Å². The second-order valence-corrected chi connectivity index (χ2v) is 4.56. The average molecular weight is 287 g/mol. The van der Waals surface area contributed by atoms with Gasteiger partial charge in [-0.3, -0.25) is 4.79 Å². The van der Waals surface area contributed by atoms with E-state index in [-0.39, 0.29) is 12.2 Å². The highest BCUT2D eigenvalue weighted by Gasteiger charge is 2.03. The third kappa shape index (κ3) is 5.10. The number of benzene rings is 1. The Bertz CT molecular complexity index is 653. The van der Waals surface area contributed by atoms with Crippen molar-refractivity contribution in [3.63, 3.8) is 0 Å².